The zero-order chi connectivity index (χ0) is 20.6. The summed E-state index contributed by atoms with van der Waals surface area (Å²) in [5.74, 6) is 1.35. The molecule has 0 bridgehead atoms. The minimum Gasteiger partial charge on any atom is -1.00 e. The third kappa shape index (κ3) is 7.38. The average Bonchev–Trinajstić information content (AvgIpc) is 2.74. The molecule has 0 fully saturated rings. The van der Waals surface area contributed by atoms with E-state index >= 15 is 0 Å². The van der Waals surface area contributed by atoms with Crippen LogP contribution in [0.3, 0.4) is 0 Å². The molecular weight excluding hydrogens is 482 g/mol. The zero-order valence-electron chi connectivity index (χ0n) is 17.6. The Bertz CT molecular complexity index is 961. The fourth-order valence-electron chi connectivity index (χ4n) is 3.31. The van der Waals surface area contributed by atoms with Crippen LogP contribution in [0.2, 0.25) is 5.02 Å². The number of methoxy groups -OCH3 is 1. The summed E-state index contributed by atoms with van der Waals surface area (Å²) in [7, 11) is 1.64. The van der Waals surface area contributed by atoms with Gasteiger partial charge in [-0.25, -0.2) is 4.98 Å². The summed E-state index contributed by atoms with van der Waals surface area (Å²) in [6.07, 6.45) is 0. The molecule has 3 N–H and O–H groups in total. The number of H-pyrrole nitrogens is 1. The fourth-order valence-corrected chi connectivity index (χ4v) is 3.74. The third-order valence-electron chi connectivity index (χ3n) is 4.93. The molecule has 3 rings (SSSR count). The van der Waals surface area contributed by atoms with Crippen molar-refractivity contribution < 1.29 is 44.2 Å². The molecule has 0 saturated heterocycles. The molecule has 172 valence electrons. The zero-order valence-corrected chi connectivity index (χ0v) is 20.6. The maximum Gasteiger partial charge on any atom is 0.366 e. The monoisotopic (exact) mass is 508 g/mol. The number of alkyl halides is 1. The van der Waals surface area contributed by atoms with Crippen LogP contribution in [-0.2, 0) is 4.74 Å². The van der Waals surface area contributed by atoms with Gasteiger partial charge in [0.15, 0.2) is 0 Å². The summed E-state index contributed by atoms with van der Waals surface area (Å²) in [5.41, 5.74) is 3.54. The van der Waals surface area contributed by atoms with Crippen LogP contribution in [0.25, 0.3) is 21.9 Å². The Morgan fingerprint density at radius 1 is 1.10 bits per heavy atom. The second kappa shape index (κ2) is 14.0. The highest BCUT2D eigenvalue weighted by molar-refractivity contribution is 6.31. The second-order valence-electron chi connectivity index (χ2n) is 6.77. The van der Waals surface area contributed by atoms with Crippen LogP contribution in [-0.4, -0.2) is 57.4 Å². The van der Waals surface area contributed by atoms with Gasteiger partial charge in [-0.2, -0.15) is 4.98 Å². The van der Waals surface area contributed by atoms with Gasteiger partial charge in [0.2, 0.25) is 0 Å². The Morgan fingerprint density at radius 2 is 1.90 bits per heavy atom. The van der Waals surface area contributed by atoms with Gasteiger partial charge in [-0.3, -0.25) is 0 Å². The number of ether oxygens (including phenoxy) is 2. The predicted molar refractivity (Wildman–Crippen MR) is 119 cm³/mol. The number of rotatable bonds is 11. The average molecular weight is 510 g/mol. The van der Waals surface area contributed by atoms with E-state index in [0.29, 0.717) is 29.9 Å². The van der Waals surface area contributed by atoms with Crippen molar-refractivity contribution in [2.24, 2.45) is 0 Å². The molecule has 0 amide bonds. The Morgan fingerprint density at radius 3 is 2.61 bits per heavy atom. The van der Waals surface area contributed by atoms with Gasteiger partial charge in [0.1, 0.15) is 17.7 Å². The minimum atomic E-state index is 0. The Kier molecular flexibility index (Phi) is 12.5. The molecule has 2 heterocycles. The number of aromatic amines is 1. The number of hydrogen-bond acceptors (Lipinski definition) is 4. The summed E-state index contributed by atoms with van der Waals surface area (Å²) in [6.45, 7) is 7.17. The largest absolute Gasteiger partial charge is 1.00 e. The molecule has 6 nitrogen and oxygen atoms in total. The molecule has 0 aliphatic rings. The van der Waals surface area contributed by atoms with Crippen LogP contribution in [0.5, 0.6) is 5.88 Å². The number of aromatic nitrogens is 2. The van der Waals surface area contributed by atoms with E-state index in [9.17, 15) is 0 Å². The van der Waals surface area contributed by atoms with Gasteiger partial charge in [-0.05, 0) is 31.2 Å². The van der Waals surface area contributed by atoms with Crippen molar-refractivity contribution in [3.05, 3.63) is 35.4 Å². The quantitative estimate of drug-likeness (QED) is 0.160. The molecule has 31 heavy (non-hydrogen) atoms. The molecule has 0 aliphatic carbocycles. The Hall–Kier alpha value is -1.28. The van der Waals surface area contributed by atoms with Crippen LogP contribution < -0.4 is 44.8 Å². The van der Waals surface area contributed by atoms with Crippen LogP contribution in [0, 0.1) is 0 Å². The van der Waals surface area contributed by atoms with E-state index in [1.807, 2.05) is 30.3 Å². The lowest BCUT2D eigenvalue weighted by Gasteiger charge is -2.16. The van der Waals surface area contributed by atoms with Gasteiger partial charge in [0.25, 0.3) is 5.52 Å². The predicted octanol–water partition coefficient (Wildman–Crippen LogP) is -3.56. The van der Waals surface area contributed by atoms with Gasteiger partial charge < -0.3 is 44.5 Å². The molecule has 0 saturated carbocycles. The molecule has 2 aromatic heterocycles. The number of fused-ring (bicyclic) bond motifs is 2. The molecule has 3 aromatic rings. The Balaban J connectivity index is 0.00000240. The standard InChI is InChI=1S/C21H26Cl2N4O2.2ClH/c1-3-27(10-8-22)11-13-29-12-9-24-20-16-5-4-15(23)14-18(16)25-17-6-7-19(28-2)26-21(17)20;;/h4-7,14H,3,8-13H2,1-2H3,(H,24,25);2*1H. The van der Waals surface area contributed by atoms with Crippen LogP contribution in [0.1, 0.15) is 6.92 Å². The number of quaternary nitrogens is 1. The second-order valence-corrected chi connectivity index (χ2v) is 7.58. The first-order chi connectivity index (χ1) is 14.2. The highest BCUT2D eigenvalue weighted by Gasteiger charge is 2.16. The lowest BCUT2D eigenvalue weighted by molar-refractivity contribution is -0.896. The first-order valence-electron chi connectivity index (χ1n) is 9.86. The van der Waals surface area contributed by atoms with Crippen molar-refractivity contribution in [2.45, 2.75) is 6.92 Å². The lowest BCUT2D eigenvalue weighted by atomic mass is 10.1. The molecule has 1 unspecified atom stereocenters. The number of hydrogen-bond donors (Lipinski definition) is 2. The van der Waals surface area contributed by atoms with Gasteiger partial charge in [0, 0.05) is 17.0 Å². The van der Waals surface area contributed by atoms with Crippen molar-refractivity contribution in [2.75, 3.05) is 57.7 Å². The SMILES string of the molecule is CC[NH+](CCCl)CCOCCNc1c2ccc(Cl)cc2nc2ccc(OC)[nH+]c12.[Cl-].[Cl-]. The minimum absolute atomic E-state index is 0. The summed E-state index contributed by atoms with van der Waals surface area (Å²) in [4.78, 5) is 9.48. The maximum atomic E-state index is 6.17. The van der Waals surface area contributed by atoms with Crippen LogP contribution >= 0.6 is 23.2 Å². The number of likely N-dealkylation sites (N-methyl/N-ethyl adjacent to an activating group) is 1. The topological polar surface area (TPSA) is 62.0 Å². The molecule has 1 atom stereocenters. The van der Waals surface area contributed by atoms with E-state index in [1.165, 1.54) is 4.90 Å². The highest BCUT2D eigenvalue weighted by Crippen LogP contribution is 2.30. The number of nitrogens with one attached hydrogen (secondary N) is 3. The van der Waals surface area contributed by atoms with Crippen LogP contribution in [0.15, 0.2) is 30.3 Å². The molecule has 1 aromatic carbocycles. The van der Waals surface area contributed by atoms with Crippen LogP contribution in [0.4, 0.5) is 5.69 Å². The van der Waals surface area contributed by atoms with Crippen molar-refractivity contribution in [3.8, 4) is 5.88 Å². The molecule has 0 spiro atoms. The van der Waals surface area contributed by atoms with E-state index < -0.39 is 0 Å². The number of nitrogens with zero attached hydrogens (tertiary/aromatic N) is 1. The van der Waals surface area contributed by atoms with Gasteiger partial charge in [-0.15, -0.1) is 11.6 Å². The maximum absolute atomic E-state index is 6.17. The van der Waals surface area contributed by atoms with E-state index in [4.69, 9.17) is 37.7 Å². The molecule has 10 heteroatoms. The molecular formula is C21H28Cl4N4O2. The van der Waals surface area contributed by atoms with Gasteiger partial charge in [-0.1, -0.05) is 11.6 Å². The fraction of sp³-hybridized carbons (Fsp3) is 0.429. The van der Waals surface area contributed by atoms with E-state index in [0.717, 1.165) is 53.9 Å². The summed E-state index contributed by atoms with van der Waals surface area (Å²) in [6, 6.07) is 9.53. The number of benzene rings is 1. The number of pyridine rings is 2. The smallest absolute Gasteiger partial charge is 0.366 e. The summed E-state index contributed by atoms with van der Waals surface area (Å²) < 4.78 is 11.2. The van der Waals surface area contributed by atoms with Gasteiger partial charge >= 0.3 is 5.88 Å². The Labute approximate surface area is 205 Å². The van der Waals surface area contributed by atoms with E-state index in [1.54, 1.807) is 7.11 Å². The molecule has 0 radical (unpaired) electrons. The van der Waals surface area contributed by atoms with E-state index in [-0.39, 0.29) is 24.8 Å². The number of anilines is 1. The number of halogens is 4. The summed E-state index contributed by atoms with van der Waals surface area (Å²) in [5, 5.41) is 5.16. The third-order valence-corrected chi connectivity index (χ3v) is 5.36. The molecule has 0 aliphatic heterocycles. The first kappa shape index (κ1) is 27.8. The van der Waals surface area contributed by atoms with E-state index in [2.05, 4.69) is 17.2 Å². The normalized spacial score (nSPS) is 11.6. The lowest BCUT2D eigenvalue weighted by Crippen LogP contribution is -3.12. The van der Waals surface area contributed by atoms with Crippen molar-refractivity contribution >= 4 is 50.8 Å². The summed E-state index contributed by atoms with van der Waals surface area (Å²) >= 11 is 12.0. The first-order valence-corrected chi connectivity index (χ1v) is 10.8. The van der Waals surface area contributed by atoms with Gasteiger partial charge in [0.05, 0.1) is 50.9 Å². The highest BCUT2D eigenvalue weighted by atomic mass is 35.5. The van der Waals surface area contributed by atoms with Crippen molar-refractivity contribution in [1.29, 1.82) is 0 Å². The van der Waals surface area contributed by atoms with Crippen molar-refractivity contribution in [1.82, 2.24) is 4.98 Å². The van der Waals surface area contributed by atoms with Crippen molar-refractivity contribution in [3.63, 3.8) is 0 Å².